The fraction of sp³-hybridized carbons (Fsp3) is 0.769. The number of nitrogens with one attached hydrogen (secondary N) is 1. The molecular formula is C13H22ClNO2. The maximum atomic E-state index is 11.7. The smallest absolute Gasteiger partial charge is 0.238 e. The van der Waals surface area contributed by atoms with E-state index in [9.17, 15) is 9.90 Å². The van der Waals surface area contributed by atoms with Crippen LogP contribution >= 0.6 is 11.6 Å². The fourth-order valence-corrected chi connectivity index (χ4v) is 2.56. The highest BCUT2D eigenvalue weighted by atomic mass is 35.5. The molecule has 17 heavy (non-hydrogen) atoms. The molecular weight excluding hydrogens is 238 g/mol. The molecule has 0 aromatic rings. The highest BCUT2D eigenvalue weighted by Crippen LogP contribution is 2.39. The molecule has 98 valence electrons. The first kappa shape index (κ1) is 14.5. The zero-order valence-electron chi connectivity index (χ0n) is 10.7. The lowest BCUT2D eigenvalue weighted by Gasteiger charge is -2.39. The van der Waals surface area contributed by atoms with Crippen LogP contribution in [-0.2, 0) is 4.79 Å². The number of allylic oxidation sites excluding steroid dienone is 2. The Balaban J connectivity index is 2.81. The molecule has 4 heteroatoms. The zero-order chi connectivity index (χ0) is 13.1. The van der Waals surface area contributed by atoms with Crippen molar-refractivity contribution in [3.05, 3.63) is 12.2 Å². The number of hydrogen-bond acceptors (Lipinski definition) is 2. The van der Waals surface area contributed by atoms with E-state index in [1.54, 1.807) is 6.92 Å². The van der Waals surface area contributed by atoms with Gasteiger partial charge in [-0.1, -0.05) is 26.0 Å². The maximum Gasteiger partial charge on any atom is 0.238 e. The first-order valence-corrected chi connectivity index (χ1v) is 6.57. The topological polar surface area (TPSA) is 49.3 Å². The van der Waals surface area contributed by atoms with E-state index in [0.717, 1.165) is 12.8 Å². The average Bonchev–Trinajstić information content (AvgIpc) is 2.74. The van der Waals surface area contributed by atoms with E-state index in [1.807, 2.05) is 0 Å². The number of carbonyl (C=O) groups excluding carboxylic acids is 1. The second-order valence-corrected chi connectivity index (χ2v) is 5.90. The van der Waals surface area contributed by atoms with Crippen molar-refractivity contribution in [2.24, 2.45) is 11.3 Å². The van der Waals surface area contributed by atoms with E-state index in [4.69, 9.17) is 11.6 Å². The number of amides is 1. The minimum absolute atomic E-state index is 0.0452. The van der Waals surface area contributed by atoms with Crippen LogP contribution in [0.4, 0.5) is 0 Å². The Morgan fingerprint density at radius 2 is 1.94 bits per heavy atom. The third-order valence-corrected chi connectivity index (χ3v) is 3.71. The van der Waals surface area contributed by atoms with Crippen molar-refractivity contribution in [3.8, 4) is 0 Å². The van der Waals surface area contributed by atoms with E-state index in [0.29, 0.717) is 0 Å². The van der Waals surface area contributed by atoms with Gasteiger partial charge in [0.25, 0.3) is 0 Å². The molecule has 0 aliphatic heterocycles. The van der Waals surface area contributed by atoms with Gasteiger partial charge in [-0.25, -0.2) is 0 Å². The Hall–Kier alpha value is -0.540. The summed E-state index contributed by atoms with van der Waals surface area (Å²) in [7, 11) is 0. The molecule has 0 radical (unpaired) electrons. The molecule has 3 nitrogen and oxygen atoms in total. The SMILES string of the molecule is CC(Cl)C(=O)NC(C(C)C)C1(CO)CC=CC1. The quantitative estimate of drug-likeness (QED) is 0.587. The first-order chi connectivity index (χ1) is 7.93. The van der Waals surface area contributed by atoms with Crippen LogP contribution in [0.25, 0.3) is 0 Å². The van der Waals surface area contributed by atoms with Crippen LogP contribution in [0.15, 0.2) is 12.2 Å². The summed E-state index contributed by atoms with van der Waals surface area (Å²) in [6.45, 7) is 5.85. The second-order valence-electron chi connectivity index (χ2n) is 5.25. The predicted molar refractivity (Wildman–Crippen MR) is 70.0 cm³/mol. The molecule has 0 fully saturated rings. The van der Waals surface area contributed by atoms with Crippen LogP contribution in [-0.4, -0.2) is 29.0 Å². The Bertz CT molecular complexity index is 292. The highest BCUT2D eigenvalue weighted by molar-refractivity contribution is 6.30. The third-order valence-electron chi connectivity index (χ3n) is 3.52. The summed E-state index contributed by atoms with van der Waals surface area (Å²) in [5.74, 6) is 0.103. The Kier molecular flexibility index (Phi) is 5.02. The van der Waals surface area contributed by atoms with E-state index in [1.165, 1.54) is 0 Å². The van der Waals surface area contributed by atoms with E-state index in [2.05, 4.69) is 31.3 Å². The molecule has 1 aliphatic carbocycles. The molecule has 2 unspecified atom stereocenters. The summed E-state index contributed by atoms with van der Waals surface area (Å²) in [6.07, 6.45) is 5.76. The van der Waals surface area contributed by atoms with Gasteiger partial charge >= 0.3 is 0 Å². The van der Waals surface area contributed by atoms with Crippen molar-refractivity contribution in [2.75, 3.05) is 6.61 Å². The number of carbonyl (C=O) groups is 1. The average molecular weight is 260 g/mol. The molecule has 0 saturated carbocycles. The van der Waals surface area contributed by atoms with Gasteiger partial charge in [-0.2, -0.15) is 0 Å². The highest BCUT2D eigenvalue weighted by Gasteiger charge is 2.41. The molecule has 1 amide bonds. The van der Waals surface area contributed by atoms with E-state index in [-0.39, 0.29) is 29.9 Å². The van der Waals surface area contributed by atoms with Gasteiger partial charge in [-0.3, -0.25) is 4.79 Å². The first-order valence-electron chi connectivity index (χ1n) is 6.13. The van der Waals surface area contributed by atoms with E-state index >= 15 is 0 Å². The van der Waals surface area contributed by atoms with Gasteiger partial charge in [-0.15, -0.1) is 11.6 Å². The zero-order valence-corrected chi connectivity index (χ0v) is 11.5. The molecule has 0 heterocycles. The number of aliphatic hydroxyl groups is 1. The van der Waals surface area contributed by atoms with Gasteiger partial charge in [0.2, 0.25) is 5.91 Å². The minimum Gasteiger partial charge on any atom is -0.396 e. The molecule has 0 aromatic carbocycles. The van der Waals surface area contributed by atoms with Crippen molar-refractivity contribution < 1.29 is 9.90 Å². The van der Waals surface area contributed by atoms with Crippen LogP contribution in [0.2, 0.25) is 0 Å². The monoisotopic (exact) mass is 259 g/mol. The van der Waals surface area contributed by atoms with Crippen molar-refractivity contribution >= 4 is 17.5 Å². The van der Waals surface area contributed by atoms with Gasteiger partial charge in [-0.05, 0) is 25.7 Å². The summed E-state index contributed by atoms with van der Waals surface area (Å²) in [6, 6.07) is -0.0452. The Labute approximate surface area is 108 Å². The van der Waals surface area contributed by atoms with Gasteiger partial charge in [0.05, 0.1) is 6.61 Å². The van der Waals surface area contributed by atoms with Gasteiger partial charge in [0, 0.05) is 11.5 Å². The van der Waals surface area contributed by atoms with Crippen LogP contribution in [0.5, 0.6) is 0 Å². The standard InChI is InChI=1S/C13H22ClNO2/c1-9(2)11(15-12(17)10(3)14)13(8-16)6-4-5-7-13/h4-5,9-11,16H,6-8H2,1-3H3,(H,15,17). The van der Waals surface area contributed by atoms with Gasteiger partial charge < -0.3 is 10.4 Å². The Morgan fingerprint density at radius 3 is 2.29 bits per heavy atom. The molecule has 1 aliphatic rings. The van der Waals surface area contributed by atoms with Gasteiger partial charge in [0.15, 0.2) is 0 Å². The number of halogens is 1. The minimum atomic E-state index is -0.540. The van der Waals surface area contributed by atoms with Crippen LogP contribution in [0.1, 0.15) is 33.6 Å². The number of rotatable bonds is 5. The molecule has 2 atom stereocenters. The van der Waals surface area contributed by atoms with Crippen molar-refractivity contribution in [3.63, 3.8) is 0 Å². The number of aliphatic hydroxyl groups excluding tert-OH is 1. The molecule has 0 bridgehead atoms. The number of alkyl halides is 1. The lowest BCUT2D eigenvalue weighted by Crippen LogP contribution is -2.53. The summed E-state index contributed by atoms with van der Waals surface area (Å²) in [5, 5.41) is 12.1. The largest absolute Gasteiger partial charge is 0.396 e. The van der Waals surface area contributed by atoms with Crippen molar-refractivity contribution in [1.29, 1.82) is 0 Å². The lowest BCUT2D eigenvalue weighted by atomic mass is 9.74. The maximum absolute atomic E-state index is 11.7. The normalized spacial score (nSPS) is 21.5. The molecule has 2 N–H and O–H groups in total. The molecule has 0 spiro atoms. The fourth-order valence-electron chi connectivity index (χ4n) is 2.50. The molecule has 0 aromatic heterocycles. The lowest BCUT2D eigenvalue weighted by molar-refractivity contribution is -0.123. The van der Waals surface area contributed by atoms with Crippen molar-refractivity contribution in [1.82, 2.24) is 5.32 Å². The van der Waals surface area contributed by atoms with Crippen LogP contribution in [0, 0.1) is 11.3 Å². The third kappa shape index (κ3) is 3.23. The molecule has 0 saturated heterocycles. The Morgan fingerprint density at radius 1 is 1.41 bits per heavy atom. The second kappa shape index (κ2) is 5.87. The van der Waals surface area contributed by atoms with Gasteiger partial charge in [0.1, 0.15) is 5.38 Å². The predicted octanol–water partition coefficient (Wildman–Crippen LogP) is 2.08. The summed E-state index contributed by atoms with van der Waals surface area (Å²) in [4.78, 5) is 11.7. The van der Waals surface area contributed by atoms with Crippen LogP contribution < -0.4 is 5.32 Å². The van der Waals surface area contributed by atoms with E-state index < -0.39 is 5.38 Å². The van der Waals surface area contributed by atoms with Crippen LogP contribution in [0.3, 0.4) is 0 Å². The summed E-state index contributed by atoms with van der Waals surface area (Å²) in [5.41, 5.74) is -0.254. The van der Waals surface area contributed by atoms with Crippen molar-refractivity contribution in [2.45, 2.75) is 45.0 Å². The molecule has 1 rings (SSSR count). The number of hydrogen-bond donors (Lipinski definition) is 2. The summed E-state index contributed by atoms with van der Waals surface area (Å²) < 4.78 is 0. The summed E-state index contributed by atoms with van der Waals surface area (Å²) >= 11 is 5.78.